The lowest BCUT2D eigenvalue weighted by molar-refractivity contribution is 0.0977. The molecule has 0 spiro atoms. The topological polar surface area (TPSA) is 66.5 Å². The summed E-state index contributed by atoms with van der Waals surface area (Å²) in [4.78, 5) is 14.7. The van der Waals surface area contributed by atoms with Crippen LogP contribution in [0.4, 0.5) is 11.4 Å². The molecule has 0 atom stereocenters. The van der Waals surface area contributed by atoms with Gasteiger partial charge in [-0.05, 0) is 12.1 Å². The Kier molecular flexibility index (Phi) is 4.43. The van der Waals surface area contributed by atoms with Gasteiger partial charge in [0, 0.05) is 30.8 Å². The highest BCUT2D eigenvalue weighted by Crippen LogP contribution is 2.49. The van der Waals surface area contributed by atoms with Gasteiger partial charge in [0.2, 0.25) is 5.75 Å². The lowest BCUT2D eigenvalue weighted by Crippen LogP contribution is -2.29. The van der Waals surface area contributed by atoms with Crippen molar-refractivity contribution in [2.45, 2.75) is 6.42 Å². The van der Waals surface area contributed by atoms with Crippen molar-refractivity contribution in [3.63, 3.8) is 0 Å². The highest BCUT2D eigenvalue weighted by molar-refractivity contribution is 6.08. The molecular formula is C20H21NO6. The van der Waals surface area contributed by atoms with Gasteiger partial charge in [-0.1, -0.05) is 0 Å². The molecule has 0 radical (unpaired) electrons. The Morgan fingerprint density at radius 1 is 0.926 bits per heavy atom. The van der Waals surface area contributed by atoms with E-state index in [4.69, 9.17) is 23.7 Å². The van der Waals surface area contributed by atoms with Crippen molar-refractivity contribution in [2.24, 2.45) is 0 Å². The van der Waals surface area contributed by atoms with Crippen LogP contribution in [-0.4, -0.2) is 46.9 Å². The number of ether oxygens (including phenoxy) is 5. The fourth-order valence-electron chi connectivity index (χ4n) is 3.55. The van der Waals surface area contributed by atoms with Gasteiger partial charge in [-0.15, -0.1) is 0 Å². The molecule has 0 amide bonds. The Hall–Kier alpha value is -3.09. The number of anilines is 2. The second-order valence-corrected chi connectivity index (χ2v) is 6.19. The molecule has 7 heteroatoms. The van der Waals surface area contributed by atoms with Crippen LogP contribution in [0.15, 0.2) is 24.3 Å². The Morgan fingerprint density at radius 3 is 2.37 bits per heavy atom. The number of nitrogens with zero attached hydrogens (tertiary/aromatic N) is 1. The molecule has 27 heavy (non-hydrogen) atoms. The Morgan fingerprint density at radius 2 is 1.67 bits per heavy atom. The van der Waals surface area contributed by atoms with Crippen LogP contribution in [0.3, 0.4) is 0 Å². The third-order valence-corrected chi connectivity index (χ3v) is 4.78. The summed E-state index contributed by atoms with van der Waals surface area (Å²) < 4.78 is 27.7. The molecule has 2 aliphatic rings. The van der Waals surface area contributed by atoms with E-state index < -0.39 is 0 Å². The number of carbonyl (C=O) groups is 1. The number of Topliss-reactive ketones (excluding diaryl/α,β-unsaturated/α-hetero) is 1. The molecule has 0 bridgehead atoms. The number of fused-ring (bicyclic) bond motifs is 2. The maximum Gasteiger partial charge on any atom is 0.204 e. The molecule has 2 heterocycles. The number of hydrogen-bond acceptors (Lipinski definition) is 7. The number of carbonyl (C=O) groups excluding carboxylic acids is 1. The number of methoxy groups -OCH3 is 3. The molecule has 0 N–H and O–H groups in total. The smallest absolute Gasteiger partial charge is 0.204 e. The minimum absolute atomic E-state index is 0.0107. The highest BCUT2D eigenvalue weighted by atomic mass is 16.6. The van der Waals surface area contributed by atoms with Crippen molar-refractivity contribution in [2.75, 3.05) is 46.0 Å². The molecule has 7 nitrogen and oxygen atoms in total. The van der Waals surface area contributed by atoms with Crippen LogP contribution in [0, 0.1) is 0 Å². The van der Waals surface area contributed by atoms with E-state index in [9.17, 15) is 4.79 Å². The number of ketones is 1. The Balaban J connectivity index is 1.87. The van der Waals surface area contributed by atoms with Gasteiger partial charge in [0.15, 0.2) is 28.8 Å². The Bertz CT molecular complexity index is 895. The van der Waals surface area contributed by atoms with Gasteiger partial charge < -0.3 is 28.6 Å². The predicted molar refractivity (Wildman–Crippen MR) is 99.5 cm³/mol. The summed E-state index contributed by atoms with van der Waals surface area (Å²) in [6, 6.07) is 7.58. The summed E-state index contributed by atoms with van der Waals surface area (Å²) >= 11 is 0. The van der Waals surface area contributed by atoms with Crippen molar-refractivity contribution in [1.29, 1.82) is 0 Å². The lowest BCUT2D eigenvalue weighted by atomic mass is 9.97. The molecule has 2 aromatic rings. The van der Waals surface area contributed by atoms with Gasteiger partial charge in [-0.2, -0.15) is 0 Å². The molecule has 0 saturated heterocycles. The predicted octanol–water partition coefficient (Wildman–Crippen LogP) is 3.21. The quantitative estimate of drug-likeness (QED) is 0.817. The van der Waals surface area contributed by atoms with Crippen molar-refractivity contribution >= 4 is 17.2 Å². The van der Waals surface area contributed by atoms with E-state index in [2.05, 4.69) is 4.90 Å². The van der Waals surface area contributed by atoms with Crippen LogP contribution in [0.1, 0.15) is 16.8 Å². The van der Waals surface area contributed by atoms with E-state index in [1.54, 1.807) is 7.11 Å². The van der Waals surface area contributed by atoms with E-state index in [1.165, 1.54) is 14.2 Å². The third kappa shape index (κ3) is 2.79. The van der Waals surface area contributed by atoms with Crippen molar-refractivity contribution in [3.05, 3.63) is 29.8 Å². The minimum Gasteiger partial charge on any atom is -0.493 e. The van der Waals surface area contributed by atoms with Crippen LogP contribution >= 0.6 is 0 Å². The summed E-state index contributed by atoms with van der Waals surface area (Å²) in [6.45, 7) is 1.61. The standard InChI is InChI=1S/C20H21NO6/c1-23-17-11-13-18(20(25-3)19(17)24-2)14(22)6-7-21(13)12-4-5-15-16(10-12)27-9-8-26-15/h4-5,10-11H,6-9H2,1-3H3. The SMILES string of the molecule is COc1cc2c(c(OC)c1OC)C(=O)CCN2c1ccc2c(c1)OCCO2. The van der Waals surface area contributed by atoms with E-state index >= 15 is 0 Å². The summed E-state index contributed by atoms with van der Waals surface area (Å²) in [7, 11) is 4.61. The highest BCUT2D eigenvalue weighted by Gasteiger charge is 2.32. The van der Waals surface area contributed by atoms with Gasteiger partial charge in [0.05, 0.1) is 32.6 Å². The first-order chi connectivity index (χ1) is 13.2. The normalized spacial score (nSPS) is 15.2. The average Bonchev–Trinajstić information content (AvgIpc) is 2.72. The van der Waals surface area contributed by atoms with Crippen molar-refractivity contribution in [3.8, 4) is 28.7 Å². The molecule has 0 fully saturated rings. The van der Waals surface area contributed by atoms with Gasteiger partial charge in [0.25, 0.3) is 0 Å². The van der Waals surface area contributed by atoms with Crippen LogP contribution in [0.25, 0.3) is 0 Å². The van der Waals surface area contributed by atoms with Crippen molar-refractivity contribution in [1.82, 2.24) is 0 Å². The van der Waals surface area contributed by atoms with Crippen LogP contribution in [0.5, 0.6) is 28.7 Å². The van der Waals surface area contributed by atoms with Gasteiger partial charge in [-0.25, -0.2) is 0 Å². The maximum absolute atomic E-state index is 12.7. The van der Waals surface area contributed by atoms with Crippen LogP contribution in [0.2, 0.25) is 0 Å². The summed E-state index contributed by atoms with van der Waals surface area (Å²) in [6.07, 6.45) is 0.368. The Labute approximate surface area is 157 Å². The first kappa shape index (κ1) is 17.3. The van der Waals surface area contributed by atoms with E-state index in [-0.39, 0.29) is 5.78 Å². The third-order valence-electron chi connectivity index (χ3n) is 4.78. The second kappa shape index (κ2) is 6.90. The lowest BCUT2D eigenvalue weighted by Gasteiger charge is -2.33. The summed E-state index contributed by atoms with van der Waals surface area (Å²) in [5, 5.41) is 0. The molecule has 2 aliphatic heterocycles. The summed E-state index contributed by atoms with van der Waals surface area (Å²) in [5.74, 6) is 2.74. The molecule has 4 rings (SSSR count). The van der Waals surface area contributed by atoms with Gasteiger partial charge in [-0.3, -0.25) is 4.79 Å². The summed E-state index contributed by atoms with van der Waals surface area (Å²) in [5.41, 5.74) is 2.12. The molecule has 0 aliphatic carbocycles. The van der Waals surface area contributed by atoms with E-state index in [0.717, 1.165) is 17.1 Å². The fraction of sp³-hybridized carbons (Fsp3) is 0.350. The number of benzene rings is 2. The first-order valence-corrected chi connectivity index (χ1v) is 8.71. The average molecular weight is 371 g/mol. The molecular weight excluding hydrogens is 350 g/mol. The molecule has 0 saturated carbocycles. The fourth-order valence-corrected chi connectivity index (χ4v) is 3.55. The molecule has 2 aromatic carbocycles. The zero-order chi connectivity index (χ0) is 19.0. The molecule has 142 valence electrons. The van der Waals surface area contributed by atoms with E-state index in [1.807, 2.05) is 24.3 Å². The molecule has 0 aromatic heterocycles. The van der Waals surface area contributed by atoms with Gasteiger partial charge in [0.1, 0.15) is 13.2 Å². The number of rotatable bonds is 4. The zero-order valence-electron chi connectivity index (χ0n) is 15.5. The van der Waals surface area contributed by atoms with Crippen LogP contribution in [-0.2, 0) is 0 Å². The zero-order valence-corrected chi connectivity index (χ0v) is 15.5. The van der Waals surface area contributed by atoms with Gasteiger partial charge >= 0.3 is 0 Å². The van der Waals surface area contributed by atoms with E-state index in [0.29, 0.717) is 54.7 Å². The maximum atomic E-state index is 12.7. The minimum atomic E-state index is 0.0107. The second-order valence-electron chi connectivity index (χ2n) is 6.19. The van der Waals surface area contributed by atoms with Crippen molar-refractivity contribution < 1.29 is 28.5 Å². The monoisotopic (exact) mass is 371 g/mol. The molecule has 0 unspecified atom stereocenters. The largest absolute Gasteiger partial charge is 0.493 e. The first-order valence-electron chi connectivity index (χ1n) is 8.71. The number of hydrogen-bond donors (Lipinski definition) is 0. The van der Waals surface area contributed by atoms with Crippen LogP contribution < -0.4 is 28.6 Å².